The van der Waals surface area contributed by atoms with Crippen LogP contribution >= 0.6 is 0 Å². The normalized spacial score (nSPS) is 15.6. The molecule has 106 valence electrons. The average molecular weight is 284 g/mol. The third-order valence-corrected chi connectivity index (χ3v) is 4.58. The van der Waals surface area contributed by atoms with Crippen molar-refractivity contribution in [3.05, 3.63) is 29.8 Å². The van der Waals surface area contributed by atoms with Gasteiger partial charge in [-0.1, -0.05) is 18.2 Å². The molecule has 1 saturated carbocycles. The molecule has 1 aromatic rings. The predicted molar refractivity (Wildman–Crippen MR) is 73.4 cm³/mol. The van der Waals surface area contributed by atoms with Crippen LogP contribution in [0.2, 0.25) is 0 Å². The van der Waals surface area contributed by atoms with Crippen molar-refractivity contribution in [1.82, 2.24) is 10.0 Å². The number of nitrogens with one attached hydrogen (secondary N) is 2. The topological polar surface area (TPSA) is 67.4 Å². The van der Waals surface area contributed by atoms with Gasteiger partial charge in [-0.15, -0.1) is 0 Å². The van der Waals surface area contributed by atoms with Crippen molar-refractivity contribution in [1.29, 1.82) is 0 Å². The van der Waals surface area contributed by atoms with E-state index in [1.807, 2.05) is 12.1 Å². The van der Waals surface area contributed by atoms with Gasteiger partial charge in [0.2, 0.25) is 10.0 Å². The Labute approximate surface area is 114 Å². The maximum atomic E-state index is 12.2. The standard InChI is InChI=1S/C13H20N2O3S/c1-18-9-8-15-19(16,17)13-5-3-2-4-11(13)10-14-12-6-7-12/h2-5,12,14-15H,6-10H2,1H3. The van der Waals surface area contributed by atoms with Gasteiger partial charge in [-0.3, -0.25) is 0 Å². The molecule has 2 N–H and O–H groups in total. The van der Waals surface area contributed by atoms with Gasteiger partial charge in [-0.05, 0) is 24.5 Å². The fraction of sp³-hybridized carbons (Fsp3) is 0.538. The molecular formula is C13H20N2O3S. The van der Waals surface area contributed by atoms with E-state index in [-0.39, 0.29) is 6.54 Å². The van der Waals surface area contributed by atoms with Gasteiger partial charge in [0.1, 0.15) is 0 Å². The fourth-order valence-electron chi connectivity index (χ4n) is 1.81. The highest BCUT2D eigenvalue weighted by molar-refractivity contribution is 7.89. The first-order valence-corrected chi connectivity index (χ1v) is 7.91. The van der Waals surface area contributed by atoms with E-state index < -0.39 is 10.0 Å². The van der Waals surface area contributed by atoms with E-state index in [9.17, 15) is 8.42 Å². The summed E-state index contributed by atoms with van der Waals surface area (Å²) >= 11 is 0. The number of sulfonamides is 1. The molecule has 1 aliphatic carbocycles. The van der Waals surface area contributed by atoms with Crippen LogP contribution in [0.5, 0.6) is 0 Å². The smallest absolute Gasteiger partial charge is 0.240 e. The average Bonchev–Trinajstić information content (AvgIpc) is 3.21. The molecule has 0 bridgehead atoms. The third-order valence-electron chi connectivity index (χ3n) is 3.02. The molecule has 1 fully saturated rings. The summed E-state index contributed by atoms with van der Waals surface area (Å²) < 4.78 is 31.8. The molecule has 0 atom stereocenters. The highest BCUT2D eigenvalue weighted by atomic mass is 32.2. The molecule has 0 aromatic heterocycles. The number of hydrogen-bond donors (Lipinski definition) is 2. The molecule has 0 radical (unpaired) electrons. The molecule has 6 heteroatoms. The summed E-state index contributed by atoms with van der Waals surface area (Å²) in [6.45, 7) is 1.23. The molecular weight excluding hydrogens is 264 g/mol. The molecule has 0 saturated heterocycles. The lowest BCUT2D eigenvalue weighted by Gasteiger charge is -2.11. The summed E-state index contributed by atoms with van der Waals surface area (Å²) in [5, 5.41) is 3.34. The number of ether oxygens (including phenoxy) is 1. The van der Waals surface area contributed by atoms with Crippen LogP contribution in [0.25, 0.3) is 0 Å². The van der Waals surface area contributed by atoms with Crippen LogP contribution in [0.4, 0.5) is 0 Å². The Hall–Kier alpha value is -0.950. The van der Waals surface area contributed by atoms with Crippen molar-refractivity contribution in [3.63, 3.8) is 0 Å². The van der Waals surface area contributed by atoms with Crippen LogP contribution in [-0.2, 0) is 21.3 Å². The van der Waals surface area contributed by atoms with Crippen LogP contribution in [0, 0.1) is 0 Å². The molecule has 1 aliphatic rings. The van der Waals surface area contributed by atoms with Gasteiger partial charge < -0.3 is 10.1 Å². The first kappa shape index (κ1) is 14.5. The van der Waals surface area contributed by atoms with Crippen LogP contribution in [0.3, 0.4) is 0 Å². The van der Waals surface area contributed by atoms with Crippen LogP contribution < -0.4 is 10.0 Å². The Balaban J connectivity index is 2.08. The molecule has 0 spiro atoms. The van der Waals surface area contributed by atoms with Crippen molar-refractivity contribution in [2.75, 3.05) is 20.3 Å². The summed E-state index contributed by atoms with van der Waals surface area (Å²) in [5.41, 5.74) is 0.805. The second-order valence-electron chi connectivity index (χ2n) is 4.65. The Bertz CT molecular complexity index is 512. The quantitative estimate of drug-likeness (QED) is 0.695. The second-order valence-corrected chi connectivity index (χ2v) is 6.39. The number of benzene rings is 1. The van der Waals surface area contributed by atoms with E-state index >= 15 is 0 Å². The highest BCUT2D eigenvalue weighted by Crippen LogP contribution is 2.21. The zero-order chi connectivity index (χ0) is 13.7. The minimum atomic E-state index is -3.46. The van der Waals surface area contributed by atoms with Gasteiger partial charge in [0.25, 0.3) is 0 Å². The molecule has 0 heterocycles. The van der Waals surface area contributed by atoms with Crippen LogP contribution in [0.1, 0.15) is 18.4 Å². The Morgan fingerprint density at radius 2 is 2.05 bits per heavy atom. The van der Waals surface area contributed by atoms with Crippen molar-refractivity contribution in [2.24, 2.45) is 0 Å². The zero-order valence-electron chi connectivity index (χ0n) is 11.1. The Morgan fingerprint density at radius 3 is 2.74 bits per heavy atom. The maximum Gasteiger partial charge on any atom is 0.240 e. The van der Waals surface area contributed by atoms with E-state index in [0.717, 1.165) is 5.56 Å². The lowest BCUT2D eigenvalue weighted by Crippen LogP contribution is -2.29. The molecule has 1 aromatic carbocycles. The minimum Gasteiger partial charge on any atom is -0.383 e. The first-order valence-electron chi connectivity index (χ1n) is 6.43. The second kappa shape index (κ2) is 6.47. The first-order chi connectivity index (χ1) is 9.13. The molecule has 19 heavy (non-hydrogen) atoms. The lowest BCUT2D eigenvalue weighted by molar-refractivity contribution is 0.204. The van der Waals surface area contributed by atoms with Gasteiger partial charge in [0, 0.05) is 26.2 Å². The van der Waals surface area contributed by atoms with Crippen LogP contribution in [-0.4, -0.2) is 34.7 Å². The van der Waals surface area contributed by atoms with Gasteiger partial charge in [-0.2, -0.15) is 0 Å². The largest absolute Gasteiger partial charge is 0.383 e. The Kier molecular flexibility index (Phi) is 4.93. The van der Waals surface area contributed by atoms with E-state index in [0.29, 0.717) is 24.1 Å². The maximum absolute atomic E-state index is 12.2. The Morgan fingerprint density at radius 1 is 1.32 bits per heavy atom. The third kappa shape index (κ3) is 4.28. The summed E-state index contributed by atoms with van der Waals surface area (Å²) in [5.74, 6) is 0. The molecule has 5 nitrogen and oxygen atoms in total. The van der Waals surface area contributed by atoms with Gasteiger partial charge in [0.15, 0.2) is 0 Å². The number of hydrogen-bond acceptors (Lipinski definition) is 4. The monoisotopic (exact) mass is 284 g/mol. The van der Waals surface area contributed by atoms with E-state index in [1.54, 1.807) is 19.2 Å². The highest BCUT2D eigenvalue weighted by Gasteiger charge is 2.22. The van der Waals surface area contributed by atoms with Gasteiger partial charge >= 0.3 is 0 Å². The SMILES string of the molecule is COCCNS(=O)(=O)c1ccccc1CNC1CC1. The van der Waals surface area contributed by atoms with Crippen molar-refractivity contribution < 1.29 is 13.2 Å². The zero-order valence-corrected chi connectivity index (χ0v) is 11.9. The van der Waals surface area contributed by atoms with E-state index in [2.05, 4.69) is 10.0 Å². The molecule has 0 amide bonds. The lowest BCUT2D eigenvalue weighted by atomic mass is 10.2. The van der Waals surface area contributed by atoms with Gasteiger partial charge in [-0.25, -0.2) is 13.1 Å². The van der Waals surface area contributed by atoms with Gasteiger partial charge in [0.05, 0.1) is 11.5 Å². The molecule has 0 aliphatic heterocycles. The van der Waals surface area contributed by atoms with Crippen molar-refractivity contribution in [3.8, 4) is 0 Å². The summed E-state index contributed by atoms with van der Waals surface area (Å²) in [7, 11) is -1.92. The minimum absolute atomic E-state index is 0.281. The number of rotatable bonds is 8. The predicted octanol–water partition coefficient (Wildman–Crippen LogP) is 0.863. The van der Waals surface area contributed by atoms with Crippen molar-refractivity contribution >= 4 is 10.0 Å². The van der Waals surface area contributed by atoms with E-state index in [4.69, 9.17) is 4.74 Å². The molecule has 0 unspecified atom stereocenters. The molecule has 2 rings (SSSR count). The fourth-order valence-corrected chi connectivity index (χ4v) is 3.06. The van der Waals surface area contributed by atoms with E-state index in [1.165, 1.54) is 12.8 Å². The summed E-state index contributed by atoms with van der Waals surface area (Å²) in [4.78, 5) is 0.347. The summed E-state index contributed by atoms with van der Waals surface area (Å²) in [6, 6.07) is 7.64. The van der Waals surface area contributed by atoms with Crippen LogP contribution in [0.15, 0.2) is 29.2 Å². The summed E-state index contributed by atoms with van der Waals surface area (Å²) in [6.07, 6.45) is 2.36. The number of methoxy groups -OCH3 is 1. The van der Waals surface area contributed by atoms with Crippen molar-refractivity contribution in [2.45, 2.75) is 30.3 Å².